The highest BCUT2D eigenvalue weighted by Crippen LogP contribution is 2.17. The van der Waals surface area contributed by atoms with E-state index in [1.165, 1.54) is 12.1 Å². The zero-order chi connectivity index (χ0) is 13.8. The summed E-state index contributed by atoms with van der Waals surface area (Å²) in [7, 11) is 0. The zero-order valence-corrected chi connectivity index (χ0v) is 11.0. The second kappa shape index (κ2) is 6.10. The van der Waals surface area contributed by atoms with Crippen molar-refractivity contribution in [2.24, 2.45) is 0 Å². The first-order chi connectivity index (χ1) is 9.11. The van der Waals surface area contributed by atoms with Crippen molar-refractivity contribution in [2.45, 2.75) is 32.4 Å². The lowest BCUT2D eigenvalue weighted by molar-refractivity contribution is -0.136. The van der Waals surface area contributed by atoms with Gasteiger partial charge in [0.15, 0.2) is 0 Å². The van der Waals surface area contributed by atoms with Gasteiger partial charge in [-0.3, -0.25) is 4.79 Å². The lowest BCUT2D eigenvalue weighted by Gasteiger charge is -2.32. The van der Waals surface area contributed by atoms with Crippen molar-refractivity contribution in [3.63, 3.8) is 0 Å². The summed E-state index contributed by atoms with van der Waals surface area (Å²) in [6.07, 6.45) is 1.71. The van der Waals surface area contributed by atoms with Gasteiger partial charge in [0.25, 0.3) is 0 Å². The Kier molecular flexibility index (Phi) is 4.47. The Morgan fingerprint density at radius 1 is 1.42 bits per heavy atom. The van der Waals surface area contributed by atoms with E-state index < -0.39 is 11.6 Å². The predicted molar refractivity (Wildman–Crippen MR) is 68.5 cm³/mol. The maximum atomic E-state index is 13.6. The highest BCUT2D eigenvalue weighted by atomic mass is 19.1. The molecule has 3 nitrogen and oxygen atoms in total. The van der Waals surface area contributed by atoms with Gasteiger partial charge in [0.2, 0.25) is 5.91 Å². The molecule has 1 heterocycles. The topological polar surface area (TPSA) is 32.3 Å². The van der Waals surface area contributed by atoms with Crippen molar-refractivity contribution in [3.05, 3.63) is 35.4 Å². The molecule has 0 aliphatic carbocycles. The number of amides is 1. The van der Waals surface area contributed by atoms with Crippen molar-refractivity contribution in [1.29, 1.82) is 0 Å². The molecule has 0 aromatic heterocycles. The minimum Gasteiger partial charge on any atom is -0.337 e. The lowest BCUT2D eigenvalue weighted by Crippen LogP contribution is -2.50. The number of carbonyl (C=O) groups is 1. The van der Waals surface area contributed by atoms with E-state index in [4.69, 9.17) is 0 Å². The third-order valence-corrected chi connectivity index (χ3v) is 3.36. The molecule has 1 amide bonds. The number of piperidine rings is 1. The molecule has 0 bridgehead atoms. The van der Waals surface area contributed by atoms with Gasteiger partial charge in [0, 0.05) is 24.7 Å². The van der Waals surface area contributed by atoms with Gasteiger partial charge in [0.1, 0.15) is 11.6 Å². The number of likely N-dealkylation sites (N-methyl/N-ethyl adjacent to an activating group) is 1. The Morgan fingerprint density at radius 3 is 2.89 bits per heavy atom. The molecule has 1 aromatic rings. The van der Waals surface area contributed by atoms with Crippen LogP contribution < -0.4 is 5.32 Å². The quantitative estimate of drug-likeness (QED) is 0.906. The summed E-state index contributed by atoms with van der Waals surface area (Å²) in [6, 6.07) is 3.29. The largest absolute Gasteiger partial charge is 0.337 e. The Balaban J connectivity index is 2.07. The summed E-state index contributed by atoms with van der Waals surface area (Å²) in [5, 5.41) is 3.13. The number of nitrogens with zero attached hydrogens (tertiary/aromatic N) is 1. The van der Waals surface area contributed by atoms with E-state index in [2.05, 4.69) is 5.32 Å². The summed E-state index contributed by atoms with van der Waals surface area (Å²) in [4.78, 5) is 13.8. The van der Waals surface area contributed by atoms with Crippen LogP contribution in [0.2, 0.25) is 0 Å². The molecule has 5 heteroatoms. The van der Waals surface area contributed by atoms with Crippen LogP contribution in [-0.2, 0) is 11.3 Å². The molecule has 1 unspecified atom stereocenters. The van der Waals surface area contributed by atoms with Gasteiger partial charge in [-0.25, -0.2) is 8.78 Å². The molecule has 1 aliphatic heterocycles. The van der Waals surface area contributed by atoms with Crippen LogP contribution in [0, 0.1) is 11.6 Å². The smallest absolute Gasteiger partial charge is 0.240 e. The summed E-state index contributed by atoms with van der Waals surface area (Å²) in [6.45, 7) is 3.51. The average Bonchev–Trinajstić information content (AvgIpc) is 2.37. The van der Waals surface area contributed by atoms with E-state index in [0.29, 0.717) is 12.1 Å². The van der Waals surface area contributed by atoms with Crippen LogP contribution in [0.25, 0.3) is 0 Å². The summed E-state index contributed by atoms with van der Waals surface area (Å²) in [5.74, 6) is -1.20. The van der Waals surface area contributed by atoms with Crippen LogP contribution in [0.15, 0.2) is 18.2 Å². The molecule has 1 aromatic carbocycles. The fourth-order valence-electron chi connectivity index (χ4n) is 2.39. The normalized spacial score (nSPS) is 19.8. The first kappa shape index (κ1) is 13.9. The van der Waals surface area contributed by atoms with Gasteiger partial charge in [0.05, 0.1) is 6.04 Å². The average molecular weight is 268 g/mol. The van der Waals surface area contributed by atoms with Crippen LogP contribution in [-0.4, -0.2) is 29.9 Å². The molecule has 104 valence electrons. The van der Waals surface area contributed by atoms with Crippen LogP contribution in [0.5, 0.6) is 0 Å². The number of carbonyl (C=O) groups excluding carboxylic acids is 1. The van der Waals surface area contributed by atoms with Crippen molar-refractivity contribution >= 4 is 5.91 Å². The van der Waals surface area contributed by atoms with Gasteiger partial charge in [-0.15, -0.1) is 0 Å². The first-order valence-corrected chi connectivity index (χ1v) is 6.58. The molecule has 1 saturated heterocycles. The molecular weight excluding hydrogens is 250 g/mol. The van der Waals surface area contributed by atoms with E-state index in [1.54, 1.807) is 4.90 Å². The van der Waals surface area contributed by atoms with Gasteiger partial charge < -0.3 is 10.2 Å². The number of hydrogen-bond donors (Lipinski definition) is 1. The summed E-state index contributed by atoms with van der Waals surface area (Å²) >= 11 is 0. The van der Waals surface area contributed by atoms with Gasteiger partial charge in [-0.1, -0.05) is 13.0 Å². The molecule has 0 spiro atoms. The van der Waals surface area contributed by atoms with Gasteiger partial charge in [-0.05, 0) is 25.5 Å². The fourth-order valence-corrected chi connectivity index (χ4v) is 2.39. The van der Waals surface area contributed by atoms with E-state index >= 15 is 0 Å². The Hall–Kier alpha value is -1.49. The number of halogens is 2. The monoisotopic (exact) mass is 268 g/mol. The molecular formula is C14H18F2N2O. The van der Waals surface area contributed by atoms with E-state index in [0.717, 1.165) is 25.5 Å². The van der Waals surface area contributed by atoms with Gasteiger partial charge >= 0.3 is 0 Å². The molecule has 1 atom stereocenters. The molecule has 1 N–H and O–H groups in total. The van der Waals surface area contributed by atoms with Crippen molar-refractivity contribution in [3.8, 4) is 0 Å². The molecule has 1 aliphatic rings. The van der Waals surface area contributed by atoms with Crippen LogP contribution in [0.1, 0.15) is 25.3 Å². The number of likely N-dealkylation sites (tertiary alicyclic amines) is 1. The highest BCUT2D eigenvalue weighted by Gasteiger charge is 2.28. The van der Waals surface area contributed by atoms with Gasteiger partial charge in [-0.2, -0.15) is 0 Å². The van der Waals surface area contributed by atoms with Crippen LogP contribution in [0.3, 0.4) is 0 Å². The van der Waals surface area contributed by atoms with E-state index in [9.17, 15) is 13.6 Å². The van der Waals surface area contributed by atoms with Crippen molar-refractivity contribution < 1.29 is 13.6 Å². The zero-order valence-electron chi connectivity index (χ0n) is 11.0. The second-order valence-electron chi connectivity index (χ2n) is 4.75. The summed E-state index contributed by atoms with van der Waals surface area (Å²) in [5.41, 5.74) is 0.354. The minimum atomic E-state index is -0.600. The summed E-state index contributed by atoms with van der Waals surface area (Å²) < 4.78 is 26.4. The Bertz CT molecular complexity index is 463. The molecule has 1 fully saturated rings. The third kappa shape index (κ3) is 3.29. The standard InChI is InChI=1S/C14H18F2N2O/c1-2-17-13-4-3-7-18(14(13)19)9-10-5-6-11(15)8-12(10)16/h5-6,8,13,17H,2-4,7,9H2,1H3. The predicted octanol–water partition coefficient (Wildman–Crippen LogP) is 2.07. The lowest BCUT2D eigenvalue weighted by atomic mass is 10.0. The SMILES string of the molecule is CCNC1CCCN(Cc2ccc(F)cc2F)C1=O. The number of rotatable bonds is 4. The van der Waals surface area contributed by atoms with E-state index in [1.807, 2.05) is 6.92 Å². The molecule has 19 heavy (non-hydrogen) atoms. The molecule has 0 saturated carbocycles. The first-order valence-electron chi connectivity index (χ1n) is 6.58. The fraction of sp³-hybridized carbons (Fsp3) is 0.500. The Morgan fingerprint density at radius 2 is 2.21 bits per heavy atom. The maximum Gasteiger partial charge on any atom is 0.240 e. The van der Waals surface area contributed by atoms with Crippen molar-refractivity contribution in [2.75, 3.05) is 13.1 Å². The number of nitrogens with one attached hydrogen (secondary N) is 1. The second-order valence-corrected chi connectivity index (χ2v) is 4.75. The maximum absolute atomic E-state index is 13.6. The number of benzene rings is 1. The number of hydrogen-bond acceptors (Lipinski definition) is 2. The molecule has 0 radical (unpaired) electrons. The van der Waals surface area contributed by atoms with E-state index in [-0.39, 0.29) is 18.5 Å². The molecule has 2 rings (SSSR count). The van der Waals surface area contributed by atoms with Crippen LogP contribution in [0.4, 0.5) is 8.78 Å². The highest BCUT2D eigenvalue weighted by molar-refractivity contribution is 5.82. The van der Waals surface area contributed by atoms with Crippen LogP contribution >= 0.6 is 0 Å². The third-order valence-electron chi connectivity index (χ3n) is 3.36. The minimum absolute atomic E-state index is 0.00294. The Labute approximate surface area is 111 Å². The van der Waals surface area contributed by atoms with Crippen molar-refractivity contribution in [1.82, 2.24) is 10.2 Å².